The van der Waals surface area contributed by atoms with E-state index < -0.39 is 5.67 Å². The van der Waals surface area contributed by atoms with Crippen LogP contribution in [0.3, 0.4) is 0 Å². The number of nitrogens with zero attached hydrogens (tertiary/aromatic N) is 3. The number of carbonyl (C=O) groups is 1. The SMILES string of the molecule is COC(=O)CC(CN1CC[C@](F)(CCc2ccc3c(n2)NCCC3)C1)c1cccc(N2CCOCC2)c1. The van der Waals surface area contributed by atoms with Crippen molar-refractivity contribution in [3.05, 3.63) is 53.2 Å². The maximum atomic E-state index is 15.9. The first-order valence-electron chi connectivity index (χ1n) is 13.6. The van der Waals surface area contributed by atoms with Crippen LogP contribution in [0, 0.1) is 0 Å². The molecule has 1 aromatic carbocycles. The van der Waals surface area contributed by atoms with Gasteiger partial charge in [0.15, 0.2) is 0 Å². The molecule has 3 aliphatic rings. The smallest absolute Gasteiger partial charge is 0.306 e. The van der Waals surface area contributed by atoms with Gasteiger partial charge in [0.1, 0.15) is 11.5 Å². The lowest BCUT2D eigenvalue weighted by Crippen LogP contribution is -2.36. The average Bonchev–Trinajstić information content (AvgIpc) is 3.32. The number of halogens is 1. The lowest BCUT2D eigenvalue weighted by Gasteiger charge is -2.30. The van der Waals surface area contributed by atoms with Gasteiger partial charge in [0.25, 0.3) is 0 Å². The number of alkyl halides is 1. The van der Waals surface area contributed by atoms with Gasteiger partial charge in [-0.15, -0.1) is 0 Å². The third-order valence-corrected chi connectivity index (χ3v) is 8.00. The van der Waals surface area contributed by atoms with Gasteiger partial charge in [0.05, 0.1) is 26.7 Å². The van der Waals surface area contributed by atoms with Crippen molar-refractivity contribution in [3.63, 3.8) is 0 Å². The maximum Gasteiger partial charge on any atom is 0.306 e. The minimum atomic E-state index is -1.24. The third-order valence-electron chi connectivity index (χ3n) is 8.00. The normalized spacial score (nSPS) is 22.8. The van der Waals surface area contributed by atoms with Crippen molar-refractivity contribution in [1.82, 2.24) is 9.88 Å². The molecule has 2 fully saturated rings. The van der Waals surface area contributed by atoms with Gasteiger partial charge < -0.3 is 19.7 Å². The number of nitrogens with one attached hydrogen (secondary N) is 1. The van der Waals surface area contributed by atoms with Crippen LogP contribution in [0.2, 0.25) is 0 Å². The number of morpholine rings is 1. The van der Waals surface area contributed by atoms with Crippen molar-refractivity contribution >= 4 is 17.5 Å². The van der Waals surface area contributed by atoms with Crippen LogP contribution in [-0.4, -0.2) is 81.1 Å². The molecule has 8 heteroatoms. The molecule has 0 bridgehead atoms. The number of methoxy groups -OCH3 is 1. The summed E-state index contributed by atoms with van der Waals surface area (Å²) in [5.41, 5.74) is 3.20. The summed E-state index contributed by atoms with van der Waals surface area (Å²) in [6.07, 6.45) is 4.07. The number of ether oxygens (including phenoxy) is 2. The number of aromatic nitrogens is 1. The number of esters is 1. The lowest BCUT2D eigenvalue weighted by molar-refractivity contribution is -0.141. The average molecular weight is 511 g/mol. The number of carbonyl (C=O) groups excluding carboxylic acids is 1. The molecule has 0 radical (unpaired) electrons. The van der Waals surface area contributed by atoms with E-state index in [2.05, 4.69) is 45.4 Å². The second-order valence-electron chi connectivity index (χ2n) is 10.6. The maximum absolute atomic E-state index is 15.9. The van der Waals surface area contributed by atoms with Gasteiger partial charge in [-0.2, -0.15) is 0 Å². The van der Waals surface area contributed by atoms with Crippen molar-refractivity contribution in [2.24, 2.45) is 0 Å². The van der Waals surface area contributed by atoms with E-state index in [0.29, 0.717) is 38.9 Å². The van der Waals surface area contributed by atoms with Crippen molar-refractivity contribution in [2.45, 2.75) is 50.1 Å². The summed E-state index contributed by atoms with van der Waals surface area (Å²) in [6.45, 7) is 5.82. The van der Waals surface area contributed by atoms with Gasteiger partial charge >= 0.3 is 5.97 Å². The fourth-order valence-electron chi connectivity index (χ4n) is 5.82. The molecule has 2 atom stereocenters. The van der Waals surface area contributed by atoms with Crippen LogP contribution < -0.4 is 10.2 Å². The Kier molecular flexibility index (Phi) is 8.25. The van der Waals surface area contributed by atoms with E-state index in [0.717, 1.165) is 68.5 Å². The highest BCUT2D eigenvalue weighted by Crippen LogP contribution is 2.34. The Morgan fingerprint density at radius 3 is 2.95 bits per heavy atom. The summed E-state index contributed by atoms with van der Waals surface area (Å²) in [7, 11) is 1.43. The summed E-state index contributed by atoms with van der Waals surface area (Å²) in [6, 6.07) is 12.6. The molecular formula is C29H39FN4O3. The molecule has 1 aromatic heterocycles. The van der Waals surface area contributed by atoms with Gasteiger partial charge in [-0.3, -0.25) is 9.69 Å². The van der Waals surface area contributed by atoms with Crippen LogP contribution in [0.15, 0.2) is 36.4 Å². The van der Waals surface area contributed by atoms with Crippen LogP contribution in [0.25, 0.3) is 0 Å². The van der Waals surface area contributed by atoms with E-state index in [4.69, 9.17) is 14.5 Å². The lowest BCUT2D eigenvalue weighted by atomic mass is 9.94. The molecule has 2 saturated heterocycles. The van der Waals surface area contributed by atoms with Gasteiger partial charge in [0.2, 0.25) is 0 Å². The molecule has 1 unspecified atom stereocenters. The predicted molar refractivity (Wildman–Crippen MR) is 143 cm³/mol. The topological polar surface area (TPSA) is 66.9 Å². The Labute approximate surface area is 219 Å². The number of hydrogen-bond acceptors (Lipinski definition) is 7. The number of rotatable bonds is 9. The fraction of sp³-hybridized carbons (Fsp3) is 0.586. The molecule has 2 aromatic rings. The molecule has 0 saturated carbocycles. The van der Waals surface area contributed by atoms with Gasteiger partial charge in [-0.25, -0.2) is 9.37 Å². The van der Waals surface area contributed by atoms with E-state index in [9.17, 15) is 4.79 Å². The Morgan fingerprint density at radius 1 is 1.24 bits per heavy atom. The van der Waals surface area contributed by atoms with Crippen molar-refractivity contribution in [1.29, 1.82) is 0 Å². The molecule has 1 N–H and O–H groups in total. The highest BCUT2D eigenvalue weighted by molar-refractivity contribution is 5.70. The van der Waals surface area contributed by atoms with E-state index in [1.54, 1.807) is 0 Å². The first kappa shape index (κ1) is 25.9. The first-order chi connectivity index (χ1) is 18.0. The Morgan fingerprint density at radius 2 is 2.11 bits per heavy atom. The number of fused-ring (bicyclic) bond motifs is 1. The second-order valence-corrected chi connectivity index (χ2v) is 10.6. The second kappa shape index (κ2) is 11.8. The number of likely N-dealkylation sites (tertiary alicyclic amines) is 1. The molecule has 5 rings (SSSR count). The summed E-state index contributed by atoms with van der Waals surface area (Å²) < 4.78 is 26.4. The van der Waals surface area contributed by atoms with Crippen LogP contribution in [0.4, 0.5) is 15.9 Å². The van der Waals surface area contributed by atoms with E-state index in [1.807, 2.05) is 6.07 Å². The first-order valence-corrected chi connectivity index (χ1v) is 13.6. The van der Waals surface area contributed by atoms with Crippen LogP contribution in [0.1, 0.15) is 48.4 Å². The van der Waals surface area contributed by atoms with Gasteiger partial charge in [-0.1, -0.05) is 18.2 Å². The number of pyridine rings is 1. The standard InChI is InChI=1S/C29H39FN4O3/c1-36-27(35)19-24(23-4-2-6-26(18-23)34-14-16-37-17-15-34)20-33-13-11-29(30,21-33)10-9-25-8-7-22-5-3-12-31-28(22)32-25/h2,4,6-8,18,24H,3,5,9-17,19-21H2,1H3,(H,31,32)/t24?,29-/m1/s1. The van der Waals surface area contributed by atoms with Crippen LogP contribution in [0.5, 0.6) is 0 Å². The zero-order valence-corrected chi connectivity index (χ0v) is 21.9. The monoisotopic (exact) mass is 510 g/mol. The van der Waals surface area contributed by atoms with Crippen molar-refractivity contribution in [2.75, 3.05) is 69.8 Å². The molecule has 4 heterocycles. The zero-order chi connectivity index (χ0) is 25.7. The van der Waals surface area contributed by atoms with Gasteiger partial charge in [0, 0.05) is 56.6 Å². The summed E-state index contributed by atoms with van der Waals surface area (Å²) in [5.74, 6) is 0.679. The minimum Gasteiger partial charge on any atom is -0.469 e. The number of anilines is 2. The Balaban J connectivity index is 1.22. The fourth-order valence-corrected chi connectivity index (χ4v) is 5.82. The van der Waals surface area contributed by atoms with E-state index in [-0.39, 0.29) is 18.3 Å². The van der Waals surface area contributed by atoms with E-state index >= 15 is 4.39 Å². The van der Waals surface area contributed by atoms with Gasteiger partial charge in [-0.05, 0) is 61.4 Å². The van der Waals surface area contributed by atoms with Crippen LogP contribution in [-0.2, 0) is 27.1 Å². The Hall–Kier alpha value is -2.71. The van der Waals surface area contributed by atoms with E-state index in [1.165, 1.54) is 12.7 Å². The van der Waals surface area contributed by atoms with Crippen molar-refractivity contribution < 1.29 is 18.7 Å². The molecule has 0 aliphatic carbocycles. The molecular weight excluding hydrogens is 471 g/mol. The highest BCUT2D eigenvalue weighted by Gasteiger charge is 2.39. The minimum absolute atomic E-state index is 0.0517. The predicted octanol–water partition coefficient (Wildman–Crippen LogP) is 3.97. The largest absolute Gasteiger partial charge is 0.469 e. The van der Waals surface area contributed by atoms with Crippen molar-refractivity contribution in [3.8, 4) is 0 Å². The van der Waals surface area contributed by atoms with Crippen LogP contribution >= 0.6 is 0 Å². The quantitative estimate of drug-likeness (QED) is 0.512. The molecule has 7 nitrogen and oxygen atoms in total. The molecule has 0 spiro atoms. The molecule has 0 amide bonds. The third kappa shape index (κ3) is 6.60. The number of aryl methyl sites for hydroxylation is 2. The number of benzene rings is 1. The molecule has 37 heavy (non-hydrogen) atoms. The summed E-state index contributed by atoms with van der Waals surface area (Å²) in [4.78, 5) is 21.5. The highest BCUT2D eigenvalue weighted by atomic mass is 19.1. The summed E-state index contributed by atoms with van der Waals surface area (Å²) >= 11 is 0. The summed E-state index contributed by atoms with van der Waals surface area (Å²) in [5, 5.41) is 3.37. The molecule has 200 valence electrons. The number of hydrogen-bond donors (Lipinski definition) is 1. The molecule has 3 aliphatic heterocycles. The zero-order valence-electron chi connectivity index (χ0n) is 21.9. The Bertz CT molecular complexity index is 1080.